The van der Waals surface area contributed by atoms with E-state index in [0.29, 0.717) is 0 Å². The maximum Gasteiger partial charge on any atom is 0.161 e. The lowest BCUT2D eigenvalue weighted by atomic mass is 10.0. The van der Waals surface area contributed by atoms with Crippen molar-refractivity contribution in [3.8, 4) is 22.4 Å². The molecule has 0 unspecified atom stereocenters. The Balaban J connectivity index is 1.87. The molecular formula is C24H17NO. The van der Waals surface area contributed by atoms with Gasteiger partial charge in [-0.15, -0.1) is 0 Å². The predicted octanol–water partition coefficient (Wildman–Crippen LogP) is 6.62. The fraction of sp³-hybridized carbons (Fsp3) is 0.0417. The van der Waals surface area contributed by atoms with Crippen molar-refractivity contribution >= 4 is 22.1 Å². The van der Waals surface area contributed by atoms with Crippen LogP contribution < -0.4 is 0 Å². The number of hydrogen-bond donors (Lipinski definition) is 0. The molecule has 3 aromatic carbocycles. The molecule has 0 atom stereocenters. The van der Waals surface area contributed by atoms with Crippen LogP contribution in [0.5, 0.6) is 0 Å². The van der Waals surface area contributed by atoms with Crippen LogP contribution in [0.1, 0.15) is 5.56 Å². The van der Waals surface area contributed by atoms with Crippen molar-refractivity contribution in [2.75, 3.05) is 0 Å². The molecule has 5 rings (SSSR count). The first kappa shape index (κ1) is 14.9. The van der Waals surface area contributed by atoms with E-state index < -0.39 is 0 Å². The first-order chi connectivity index (χ1) is 12.8. The van der Waals surface area contributed by atoms with E-state index in [0.717, 1.165) is 44.5 Å². The average Bonchev–Trinajstić information content (AvgIpc) is 3.07. The lowest BCUT2D eigenvalue weighted by molar-refractivity contribution is 0.669. The molecule has 0 spiro atoms. The van der Waals surface area contributed by atoms with Gasteiger partial charge in [0.1, 0.15) is 11.1 Å². The van der Waals surface area contributed by atoms with Crippen molar-refractivity contribution in [2.45, 2.75) is 6.92 Å². The van der Waals surface area contributed by atoms with Crippen LogP contribution in [0.25, 0.3) is 44.5 Å². The van der Waals surface area contributed by atoms with Crippen LogP contribution in [0.3, 0.4) is 0 Å². The van der Waals surface area contributed by atoms with E-state index in [1.807, 2.05) is 24.3 Å². The average molecular weight is 335 g/mol. The van der Waals surface area contributed by atoms with E-state index in [2.05, 4.69) is 67.6 Å². The zero-order valence-corrected chi connectivity index (χ0v) is 14.4. The number of fused-ring (bicyclic) bond motifs is 3. The third-order valence-electron chi connectivity index (χ3n) is 4.76. The van der Waals surface area contributed by atoms with Crippen LogP contribution in [0.4, 0.5) is 0 Å². The van der Waals surface area contributed by atoms with E-state index >= 15 is 0 Å². The summed E-state index contributed by atoms with van der Waals surface area (Å²) in [7, 11) is 0. The smallest absolute Gasteiger partial charge is 0.161 e. The third kappa shape index (κ3) is 2.39. The second kappa shape index (κ2) is 5.85. The summed E-state index contributed by atoms with van der Waals surface area (Å²) in [5.41, 5.74) is 8.14. The highest BCUT2D eigenvalue weighted by atomic mass is 16.3. The van der Waals surface area contributed by atoms with Gasteiger partial charge in [0.25, 0.3) is 0 Å². The van der Waals surface area contributed by atoms with Crippen LogP contribution in [0.15, 0.2) is 89.3 Å². The fourth-order valence-corrected chi connectivity index (χ4v) is 3.38. The number of rotatable bonds is 2. The first-order valence-electron chi connectivity index (χ1n) is 8.74. The summed E-state index contributed by atoms with van der Waals surface area (Å²) in [6, 6.07) is 29.1. The number of hydrogen-bond acceptors (Lipinski definition) is 2. The van der Waals surface area contributed by atoms with Gasteiger partial charge >= 0.3 is 0 Å². The van der Waals surface area contributed by atoms with Crippen molar-refractivity contribution < 1.29 is 4.42 Å². The highest BCUT2D eigenvalue weighted by Crippen LogP contribution is 2.37. The van der Waals surface area contributed by atoms with Gasteiger partial charge in [-0.3, -0.25) is 0 Å². The van der Waals surface area contributed by atoms with Gasteiger partial charge in [0.05, 0.1) is 5.69 Å². The number of para-hydroxylation sites is 1. The lowest BCUT2D eigenvalue weighted by Gasteiger charge is -2.07. The summed E-state index contributed by atoms with van der Waals surface area (Å²) in [5.74, 6) is 0. The summed E-state index contributed by atoms with van der Waals surface area (Å²) in [4.78, 5) is 4.96. The van der Waals surface area contributed by atoms with Gasteiger partial charge in [-0.1, -0.05) is 72.3 Å². The zero-order valence-electron chi connectivity index (χ0n) is 14.4. The minimum Gasteiger partial charge on any atom is -0.454 e. The minimum atomic E-state index is 0.841. The Kier molecular flexibility index (Phi) is 3.36. The number of nitrogens with zero attached hydrogens (tertiary/aromatic N) is 1. The van der Waals surface area contributed by atoms with Gasteiger partial charge < -0.3 is 4.42 Å². The van der Waals surface area contributed by atoms with E-state index in [4.69, 9.17) is 9.40 Å². The van der Waals surface area contributed by atoms with Crippen molar-refractivity contribution in [3.05, 3.63) is 90.5 Å². The van der Waals surface area contributed by atoms with Gasteiger partial charge in [0.2, 0.25) is 0 Å². The molecule has 0 aliphatic heterocycles. The van der Waals surface area contributed by atoms with E-state index in [1.54, 1.807) is 0 Å². The fourth-order valence-electron chi connectivity index (χ4n) is 3.38. The summed E-state index contributed by atoms with van der Waals surface area (Å²) >= 11 is 0. The van der Waals surface area contributed by atoms with Gasteiger partial charge in [0, 0.05) is 16.5 Å². The molecule has 2 heteroatoms. The normalized spacial score (nSPS) is 11.3. The molecule has 2 aromatic heterocycles. The summed E-state index contributed by atoms with van der Waals surface area (Å²) < 4.78 is 6.19. The molecule has 0 fully saturated rings. The maximum atomic E-state index is 6.19. The van der Waals surface area contributed by atoms with Crippen molar-refractivity contribution in [3.63, 3.8) is 0 Å². The monoisotopic (exact) mass is 335 g/mol. The molecule has 0 N–H and O–H groups in total. The third-order valence-corrected chi connectivity index (χ3v) is 4.76. The van der Waals surface area contributed by atoms with E-state index in [9.17, 15) is 0 Å². The molecular weight excluding hydrogens is 318 g/mol. The van der Waals surface area contributed by atoms with E-state index in [1.165, 1.54) is 5.56 Å². The SMILES string of the molecule is Cc1ccc(-c2cc(-c3ccccc3)c3oc4ccccc4c3n2)cc1. The quantitative estimate of drug-likeness (QED) is 0.362. The Bertz CT molecular complexity index is 1220. The number of pyridine rings is 1. The Morgan fingerprint density at radius 1 is 0.731 bits per heavy atom. The second-order valence-corrected chi connectivity index (χ2v) is 6.56. The summed E-state index contributed by atoms with van der Waals surface area (Å²) in [6.45, 7) is 2.10. The van der Waals surface area contributed by atoms with Crippen LogP contribution in [-0.2, 0) is 0 Å². The Hall–Kier alpha value is -3.39. The van der Waals surface area contributed by atoms with Crippen LogP contribution in [0.2, 0.25) is 0 Å². The standard InChI is InChI=1S/C24H17NO/c1-16-11-13-18(14-12-16)21-15-20(17-7-3-2-4-8-17)24-23(25-21)19-9-5-6-10-22(19)26-24/h2-15H,1H3. The van der Waals surface area contributed by atoms with Crippen LogP contribution in [0, 0.1) is 6.92 Å². The Morgan fingerprint density at radius 2 is 1.46 bits per heavy atom. The highest BCUT2D eigenvalue weighted by Gasteiger charge is 2.16. The molecule has 5 aromatic rings. The van der Waals surface area contributed by atoms with Crippen LogP contribution in [-0.4, -0.2) is 4.98 Å². The van der Waals surface area contributed by atoms with Crippen LogP contribution >= 0.6 is 0 Å². The minimum absolute atomic E-state index is 0.841. The molecule has 26 heavy (non-hydrogen) atoms. The zero-order chi connectivity index (χ0) is 17.5. The van der Waals surface area contributed by atoms with Crippen molar-refractivity contribution in [1.82, 2.24) is 4.98 Å². The molecule has 0 amide bonds. The first-order valence-corrected chi connectivity index (χ1v) is 8.74. The molecule has 0 radical (unpaired) electrons. The molecule has 0 saturated heterocycles. The number of furan rings is 1. The molecule has 0 aliphatic rings. The van der Waals surface area contributed by atoms with E-state index in [-0.39, 0.29) is 0 Å². The van der Waals surface area contributed by atoms with Crippen molar-refractivity contribution in [2.24, 2.45) is 0 Å². The second-order valence-electron chi connectivity index (χ2n) is 6.56. The molecule has 2 heterocycles. The Morgan fingerprint density at radius 3 is 2.27 bits per heavy atom. The van der Waals surface area contributed by atoms with Gasteiger partial charge in [-0.25, -0.2) is 4.98 Å². The maximum absolute atomic E-state index is 6.19. The van der Waals surface area contributed by atoms with Crippen molar-refractivity contribution in [1.29, 1.82) is 0 Å². The van der Waals surface area contributed by atoms with Gasteiger partial charge in [0.15, 0.2) is 5.58 Å². The molecule has 2 nitrogen and oxygen atoms in total. The topological polar surface area (TPSA) is 26.0 Å². The lowest BCUT2D eigenvalue weighted by Crippen LogP contribution is -1.88. The number of aromatic nitrogens is 1. The predicted molar refractivity (Wildman–Crippen MR) is 107 cm³/mol. The Labute approximate surface area is 151 Å². The molecule has 0 bridgehead atoms. The molecule has 0 saturated carbocycles. The van der Waals surface area contributed by atoms with Gasteiger partial charge in [-0.2, -0.15) is 0 Å². The largest absolute Gasteiger partial charge is 0.454 e. The molecule has 0 aliphatic carbocycles. The highest BCUT2D eigenvalue weighted by molar-refractivity contribution is 6.08. The number of aryl methyl sites for hydroxylation is 1. The molecule has 124 valence electrons. The number of benzene rings is 3. The van der Waals surface area contributed by atoms with Gasteiger partial charge in [-0.05, 0) is 30.7 Å². The summed E-state index contributed by atoms with van der Waals surface area (Å²) in [5, 5.41) is 1.05. The summed E-state index contributed by atoms with van der Waals surface area (Å²) in [6.07, 6.45) is 0.